The molecule has 0 aliphatic carbocycles. The molecule has 0 radical (unpaired) electrons. The summed E-state index contributed by atoms with van der Waals surface area (Å²) >= 11 is 0. The minimum Gasteiger partial charge on any atom is -1.00 e. The zero-order valence-corrected chi connectivity index (χ0v) is 26.3. The van der Waals surface area contributed by atoms with E-state index in [2.05, 4.69) is 129 Å². The van der Waals surface area contributed by atoms with Crippen LogP contribution in [0, 0.1) is 6.92 Å². The molecule has 0 heterocycles. The molecule has 0 aliphatic heterocycles. The molecule has 0 nitrogen and oxygen atoms in total. The fourth-order valence-corrected chi connectivity index (χ4v) is 6.43. The Hall–Kier alpha value is -1.50. The van der Waals surface area contributed by atoms with E-state index in [9.17, 15) is 0 Å². The van der Waals surface area contributed by atoms with Crippen molar-refractivity contribution in [3.8, 4) is 0 Å². The summed E-state index contributed by atoms with van der Waals surface area (Å²) in [5, 5.41) is 6.89. The van der Waals surface area contributed by atoms with E-state index in [1.165, 1.54) is 57.1 Å². The first-order valence-corrected chi connectivity index (χ1v) is 12.9. The molecular formula is C31H31Cl2HfP. The molecule has 0 N–H and O–H groups in total. The van der Waals surface area contributed by atoms with Crippen LogP contribution in [0.3, 0.4) is 0 Å². The van der Waals surface area contributed by atoms with Crippen LogP contribution in [0.4, 0.5) is 0 Å². The zero-order valence-electron chi connectivity index (χ0n) is 20.3. The normalized spacial score (nSPS) is 9.91. The van der Waals surface area contributed by atoms with Crippen LogP contribution in [-0.4, -0.2) is 0 Å². The number of halogens is 2. The molecule has 0 spiro atoms. The van der Waals surface area contributed by atoms with Crippen LogP contribution >= 0.6 is 7.92 Å². The molecule has 178 valence electrons. The zero-order chi connectivity index (χ0) is 22.2. The van der Waals surface area contributed by atoms with E-state index >= 15 is 0 Å². The first-order chi connectivity index (χ1) is 15.8. The third-order valence-electron chi connectivity index (χ3n) is 5.84. The van der Waals surface area contributed by atoms with Gasteiger partial charge >= 0.3 is 25.8 Å². The van der Waals surface area contributed by atoms with Crippen molar-refractivity contribution in [2.24, 2.45) is 0 Å². The van der Waals surface area contributed by atoms with Gasteiger partial charge in [0.25, 0.3) is 0 Å². The molecule has 0 bridgehead atoms. The van der Waals surface area contributed by atoms with Gasteiger partial charge in [0.1, 0.15) is 0 Å². The molecule has 0 atom stereocenters. The summed E-state index contributed by atoms with van der Waals surface area (Å²) in [6.07, 6.45) is 3.88. The van der Waals surface area contributed by atoms with E-state index < -0.39 is 7.92 Å². The van der Waals surface area contributed by atoms with Crippen molar-refractivity contribution >= 4 is 34.6 Å². The summed E-state index contributed by atoms with van der Waals surface area (Å²) in [6, 6.07) is 41.6. The van der Waals surface area contributed by atoms with Crippen molar-refractivity contribution in [1.82, 2.24) is 0 Å². The van der Waals surface area contributed by atoms with E-state index in [1.807, 2.05) is 0 Å². The minimum absolute atomic E-state index is 0. The second kappa shape index (κ2) is 16.3. The van der Waals surface area contributed by atoms with E-state index in [1.54, 1.807) is 0 Å². The molecule has 35 heavy (non-hydrogen) atoms. The Morgan fingerprint density at radius 1 is 0.743 bits per heavy atom. The van der Waals surface area contributed by atoms with Crippen LogP contribution in [0.2, 0.25) is 0 Å². The van der Waals surface area contributed by atoms with Crippen LogP contribution in [-0.2, 0) is 32.3 Å². The Balaban J connectivity index is 0.000000407. The van der Waals surface area contributed by atoms with E-state index in [0.29, 0.717) is 0 Å². The van der Waals surface area contributed by atoms with Gasteiger partial charge in [0.2, 0.25) is 0 Å². The van der Waals surface area contributed by atoms with Crippen molar-refractivity contribution < 1.29 is 50.7 Å². The SMILES string of the molecule is CCCC[c-]1cccc1C.[Cl-].[Cl-].[Hf+4].c1ccc(P(c2ccccc2)c2cc3ccccc3[cH-]2)cc1. The Morgan fingerprint density at radius 3 is 1.83 bits per heavy atom. The average molecular weight is 684 g/mol. The Morgan fingerprint density at radius 2 is 1.31 bits per heavy atom. The van der Waals surface area contributed by atoms with Crippen LogP contribution in [0.25, 0.3) is 10.8 Å². The molecule has 0 aliphatic rings. The first-order valence-electron chi connectivity index (χ1n) is 11.5. The van der Waals surface area contributed by atoms with Gasteiger partial charge in [-0.05, 0) is 18.5 Å². The fraction of sp³-hybridized carbons (Fsp3) is 0.161. The maximum Gasteiger partial charge on any atom is 4.00 e. The Bertz CT molecular complexity index is 1160. The topological polar surface area (TPSA) is 0 Å². The third kappa shape index (κ3) is 8.54. The molecular weight excluding hydrogens is 653 g/mol. The van der Waals surface area contributed by atoms with Crippen molar-refractivity contribution in [2.75, 3.05) is 0 Å². The number of hydrogen-bond donors (Lipinski definition) is 0. The van der Waals surface area contributed by atoms with Gasteiger partial charge in [0.15, 0.2) is 0 Å². The number of hydrogen-bond acceptors (Lipinski definition) is 0. The van der Waals surface area contributed by atoms with E-state index in [-0.39, 0.29) is 50.7 Å². The summed E-state index contributed by atoms with van der Waals surface area (Å²) < 4.78 is 0. The second-order valence-corrected chi connectivity index (χ2v) is 10.4. The maximum atomic E-state index is 2.35. The quantitative estimate of drug-likeness (QED) is 0.144. The molecule has 0 saturated carbocycles. The maximum absolute atomic E-state index is 2.35. The molecule has 5 aromatic carbocycles. The third-order valence-corrected chi connectivity index (χ3v) is 8.24. The molecule has 5 aromatic rings. The molecule has 0 unspecified atom stereocenters. The largest absolute Gasteiger partial charge is 4.00 e. The summed E-state index contributed by atoms with van der Waals surface area (Å²) in [4.78, 5) is 0. The number of fused-ring (bicyclic) bond motifs is 1. The summed E-state index contributed by atoms with van der Waals surface area (Å²) in [7, 11) is -0.493. The smallest absolute Gasteiger partial charge is 1.00 e. The molecule has 0 aromatic heterocycles. The van der Waals surface area contributed by atoms with Crippen molar-refractivity contribution in [3.63, 3.8) is 0 Å². The number of rotatable bonds is 6. The van der Waals surface area contributed by atoms with Gasteiger partial charge in [-0.25, -0.2) is 12.1 Å². The van der Waals surface area contributed by atoms with Gasteiger partial charge in [0.05, 0.1) is 0 Å². The van der Waals surface area contributed by atoms with Gasteiger partial charge in [-0.3, -0.25) is 0 Å². The van der Waals surface area contributed by atoms with Crippen molar-refractivity contribution in [1.29, 1.82) is 0 Å². The summed E-state index contributed by atoms with van der Waals surface area (Å²) in [5.74, 6) is 0. The number of benzene rings is 3. The van der Waals surface area contributed by atoms with Gasteiger partial charge < -0.3 is 24.8 Å². The predicted molar refractivity (Wildman–Crippen MR) is 144 cm³/mol. The van der Waals surface area contributed by atoms with Crippen LogP contribution in [0.5, 0.6) is 0 Å². The molecule has 0 amide bonds. The second-order valence-electron chi connectivity index (χ2n) is 8.19. The van der Waals surface area contributed by atoms with Gasteiger partial charge in [-0.1, -0.05) is 99.8 Å². The van der Waals surface area contributed by atoms with Crippen LogP contribution < -0.4 is 40.7 Å². The monoisotopic (exact) mass is 684 g/mol. The predicted octanol–water partition coefficient (Wildman–Crippen LogP) is 1.38. The molecule has 5 rings (SSSR count). The first kappa shape index (κ1) is 31.5. The Labute approximate surface area is 243 Å². The van der Waals surface area contributed by atoms with Gasteiger partial charge in [0, 0.05) is 0 Å². The van der Waals surface area contributed by atoms with E-state index in [4.69, 9.17) is 0 Å². The molecule has 0 fully saturated rings. The standard InChI is InChI=1S/C21H16P.C10H15.2ClH.Hf/c1-3-11-19(12-4-1)22(20-13-5-2-6-14-20)21-15-17-9-7-8-10-18(17)16-21;1-3-4-7-10-8-5-6-9(10)2;;;/h1-16H;5-6,8H,3-4,7H2,1-2H3;2*1H;/q2*-1;;;+4/p-2. The average Bonchev–Trinajstić information content (AvgIpc) is 3.45. The van der Waals surface area contributed by atoms with Crippen molar-refractivity contribution in [3.05, 3.63) is 126 Å². The van der Waals surface area contributed by atoms with Gasteiger partial charge in [-0.2, -0.15) is 23.3 Å². The number of aryl methyl sites for hydroxylation is 2. The van der Waals surface area contributed by atoms with Crippen LogP contribution in [0.1, 0.15) is 30.9 Å². The minimum atomic E-state index is -0.493. The van der Waals surface area contributed by atoms with Crippen LogP contribution in [0.15, 0.2) is 115 Å². The van der Waals surface area contributed by atoms with E-state index in [0.717, 1.165) is 0 Å². The van der Waals surface area contributed by atoms with Crippen molar-refractivity contribution in [2.45, 2.75) is 33.1 Å². The number of unbranched alkanes of at least 4 members (excludes halogenated alkanes) is 1. The fourth-order valence-electron chi connectivity index (χ4n) is 4.06. The molecule has 0 saturated heterocycles. The van der Waals surface area contributed by atoms with Gasteiger partial charge in [-0.15, -0.1) is 40.3 Å². The Kier molecular flexibility index (Phi) is 14.7. The molecule has 4 heteroatoms. The summed E-state index contributed by atoms with van der Waals surface area (Å²) in [5.41, 5.74) is 2.98. The summed E-state index contributed by atoms with van der Waals surface area (Å²) in [6.45, 7) is 4.42.